The SMILES string of the molecule is CC(C)NC(=O)CCC(C)(C)OC(=O)NCCC(=O)OCc1ccccc1. The van der Waals surface area contributed by atoms with E-state index in [1.807, 2.05) is 44.2 Å². The number of ether oxygens (including phenoxy) is 2. The van der Waals surface area contributed by atoms with Gasteiger partial charge < -0.3 is 20.1 Å². The van der Waals surface area contributed by atoms with Crippen molar-refractivity contribution < 1.29 is 23.9 Å². The number of hydrogen-bond acceptors (Lipinski definition) is 5. The van der Waals surface area contributed by atoms with Gasteiger partial charge in [-0.2, -0.15) is 0 Å². The average molecular weight is 378 g/mol. The van der Waals surface area contributed by atoms with Crippen molar-refractivity contribution in [3.05, 3.63) is 35.9 Å². The van der Waals surface area contributed by atoms with Crippen LogP contribution in [0.15, 0.2) is 30.3 Å². The van der Waals surface area contributed by atoms with Gasteiger partial charge in [0.05, 0.1) is 6.42 Å². The topological polar surface area (TPSA) is 93.7 Å². The zero-order valence-electron chi connectivity index (χ0n) is 16.5. The second-order valence-corrected chi connectivity index (χ2v) is 7.19. The molecular weight excluding hydrogens is 348 g/mol. The maximum atomic E-state index is 11.9. The summed E-state index contributed by atoms with van der Waals surface area (Å²) in [5.41, 5.74) is 0.119. The Bertz CT molecular complexity index is 614. The minimum Gasteiger partial charge on any atom is -0.461 e. The summed E-state index contributed by atoms with van der Waals surface area (Å²) in [5, 5.41) is 5.32. The molecule has 27 heavy (non-hydrogen) atoms. The van der Waals surface area contributed by atoms with E-state index in [9.17, 15) is 14.4 Å². The second kappa shape index (κ2) is 11.2. The fraction of sp³-hybridized carbons (Fsp3) is 0.550. The van der Waals surface area contributed by atoms with E-state index in [-0.39, 0.29) is 37.9 Å². The highest BCUT2D eigenvalue weighted by atomic mass is 16.6. The minimum atomic E-state index is -0.785. The second-order valence-electron chi connectivity index (χ2n) is 7.19. The van der Waals surface area contributed by atoms with E-state index in [1.165, 1.54) is 0 Å². The predicted molar refractivity (Wildman–Crippen MR) is 102 cm³/mol. The molecule has 0 aliphatic heterocycles. The van der Waals surface area contributed by atoms with Crippen molar-refractivity contribution in [2.24, 2.45) is 0 Å². The van der Waals surface area contributed by atoms with Crippen molar-refractivity contribution in [1.82, 2.24) is 10.6 Å². The molecule has 2 amide bonds. The Labute approximate surface area is 160 Å². The maximum absolute atomic E-state index is 11.9. The van der Waals surface area contributed by atoms with Crippen LogP contribution in [0.3, 0.4) is 0 Å². The molecule has 0 radical (unpaired) electrons. The third-order valence-electron chi connectivity index (χ3n) is 3.61. The zero-order chi connectivity index (χ0) is 20.3. The molecule has 0 saturated carbocycles. The summed E-state index contributed by atoms with van der Waals surface area (Å²) in [6.45, 7) is 7.58. The van der Waals surface area contributed by atoms with Crippen LogP contribution in [0, 0.1) is 0 Å². The van der Waals surface area contributed by atoms with Crippen molar-refractivity contribution >= 4 is 18.0 Å². The Balaban J connectivity index is 2.21. The van der Waals surface area contributed by atoms with Gasteiger partial charge in [-0.05, 0) is 39.7 Å². The lowest BCUT2D eigenvalue weighted by molar-refractivity contribution is -0.144. The first kappa shape index (κ1) is 22.5. The van der Waals surface area contributed by atoms with Crippen LogP contribution in [0.1, 0.15) is 52.5 Å². The summed E-state index contributed by atoms with van der Waals surface area (Å²) in [4.78, 5) is 35.2. The molecule has 0 heterocycles. The zero-order valence-corrected chi connectivity index (χ0v) is 16.5. The van der Waals surface area contributed by atoms with E-state index in [4.69, 9.17) is 9.47 Å². The van der Waals surface area contributed by atoms with Gasteiger partial charge >= 0.3 is 12.1 Å². The highest BCUT2D eigenvalue weighted by Gasteiger charge is 2.24. The van der Waals surface area contributed by atoms with E-state index in [0.29, 0.717) is 6.42 Å². The molecule has 0 aliphatic rings. The lowest BCUT2D eigenvalue weighted by Gasteiger charge is -2.25. The van der Waals surface area contributed by atoms with Gasteiger partial charge in [0.2, 0.25) is 5.91 Å². The molecular formula is C20H30N2O5. The molecule has 7 heteroatoms. The first-order valence-electron chi connectivity index (χ1n) is 9.14. The van der Waals surface area contributed by atoms with Gasteiger partial charge in [-0.3, -0.25) is 9.59 Å². The van der Waals surface area contributed by atoms with Crippen LogP contribution < -0.4 is 10.6 Å². The number of hydrogen-bond donors (Lipinski definition) is 2. The van der Waals surface area contributed by atoms with Crippen LogP contribution in [0.2, 0.25) is 0 Å². The van der Waals surface area contributed by atoms with Crippen LogP contribution in [0.4, 0.5) is 4.79 Å². The fourth-order valence-corrected chi connectivity index (χ4v) is 2.22. The molecule has 0 saturated heterocycles. The van der Waals surface area contributed by atoms with Crippen molar-refractivity contribution in [3.63, 3.8) is 0 Å². The number of nitrogens with one attached hydrogen (secondary N) is 2. The Hall–Kier alpha value is -2.57. The molecule has 1 aromatic rings. The number of carbonyl (C=O) groups is 3. The fourth-order valence-electron chi connectivity index (χ4n) is 2.22. The van der Waals surface area contributed by atoms with Gasteiger partial charge in [0.1, 0.15) is 12.2 Å². The molecule has 1 aromatic carbocycles. The predicted octanol–water partition coefficient (Wildman–Crippen LogP) is 2.93. The van der Waals surface area contributed by atoms with Crippen molar-refractivity contribution in [3.8, 4) is 0 Å². The van der Waals surface area contributed by atoms with E-state index in [1.54, 1.807) is 13.8 Å². The van der Waals surface area contributed by atoms with Crippen LogP contribution in [-0.2, 0) is 25.7 Å². The molecule has 150 valence electrons. The summed E-state index contributed by atoms with van der Waals surface area (Å²) in [6, 6.07) is 9.44. The van der Waals surface area contributed by atoms with Crippen LogP contribution >= 0.6 is 0 Å². The highest BCUT2D eigenvalue weighted by molar-refractivity contribution is 5.76. The smallest absolute Gasteiger partial charge is 0.407 e. The first-order valence-corrected chi connectivity index (χ1v) is 9.14. The largest absolute Gasteiger partial charge is 0.461 e. The number of benzene rings is 1. The summed E-state index contributed by atoms with van der Waals surface area (Å²) >= 11 is 0. The van der Waals surface area contributed by atoms with E-state index >= 15 is 0 Å². The molecule has 0 unspecified atom stereocenters. The first-order chi connectivity index (χ1) is 12.7. The van der Waals surface area contributed by atoms with E-state index in [2.05, 4.69) is 10.6 Å². The standard InChI is InChI=1S/C20H30N2O5/c1-15(2)22-17(23)10-12-20(3,4)27-19(25)21-13-11-18(24)26-14-16-8-6-5-7-9-16/h5-9,15H,10-14H2,1-4H3,(H,21,25)(H,22,23). The molecule has 1 rings (SSSR count). The van der Waals surface area contributed by atoms with Crippen LogP contribution in [-0.4, -0.2) is 36.2 Å². The Morgan fingerprint density at radius 3 is 2.37 bits per heavy atom. The third-order valence-corrected chi connectivity index (χ3v) is 3.61. The summed E-state index contributed by atoms with van der Waals surface area (Å²) < 4.78 is 10.5. The number of amides is 2. The quantitative estimate of drug-likeness (QED) is 0.611. The Kier molecular flexibility index (Phi) is 9.33. The van der Waals surface area contributed by atoms with E-state index in [0.717, 1.165) is 5.56 Å². The van der Waals surface area contributed by atoms with Gasteiger partial charge in [-0.15, -0.1) is 0 Å². The van der Waals surface area contributed by atoms with Gasteiger partial charge in [-0.1, -0.05) is 30.3 Å². The van der Waals surface area contributed by atoms with Gasteiger partial charge in [0, 0.05) is 19.0 Å². The lowest BCUT2D eigenvalue weighted by atomic mass is 10.0. The molecule has 0 bridgehead atoms. The molecule has 2 N–H and O–H groups in total. The number of rotatable bonds is 10. The van der Waals surface area contributed by atoms with Crippen LogP contribution in [0.5, 0.6) is 0 Å². The summed E-state index contributed by atoms with van der Waals surface area (Å²) in [6.07, 6.45) is 0.0988. The van der Waals surface area contributed by atoms with Crippen molar-refractivity contribution in [2.75, 3.05) is 6.54 Å². The average Bonchev–Trinajstić information content (AvgIpc) is 2.58. The minimum absolute atomic E-state index is 0.0547. The van der Waals surface area contributed by atoms with Gasteiger partial charge in [0.25, 0.3) is 0 Å². The normalized spacial score (nSPS) is 11.0. The number of esters is 1. The van der Waals surface area contributed by atoms with Crippen molar-refractivity contribution in [2.45, 2.75) is 65.2 Å². The number of alkyl carbamates (subject to hydrolysis) is 1. The molecule has 0 atom stereocenters. The molecule has 0 aliphatic carbocycles. The monoisotopic (exact) mass is 378 g/mol. The molecule has 0 spiro atoms. The Morgan fingerprint density at radius 1 is 1.07 bits per heavy atom. The van der Waals surface area contributed by atoms with Gasteiger partial charge in [-0.25, -0.2) is 4.79 Å². The number of carbonyl (C=O) groups excluding carboxylic acids is 3. The summed E-state index contributed by atoms with van der Waals surface area (Å²) in [7, 11) is 0. The van der Waals surface area contributed by atoms with Crippen molar-refractivity contribution in [1.29, 1.82) is 0 Å². The highest BCUT2D eigenvalue weighted by Crippen LogP contribution is 2.17. The van der Waals surface area contributed by atoms with E-state index < -0.39 is 17.7 Å². The maximum Gasteiger partial charge on any atom is 0.407 e. The Morgan fingerprint density at radius 2 is 1.74 bits per heavy atom. The lowest BCUT2D eigenvalue weighted by Crippen LogP contribution is -2.37. The summed E-state index contributed by atoms with van der Waals surface area (Å²) in [5.74, 6) is -0.480. The molecule has 7 nitrogen and oxygen atoms in total. The third kappa shape index (κ3) is 10.9. The van der Waals surface area contributed by atoms with Crippen LogP contribution in [0.25, 0.3) is 0 Å². The molecule has 0 fully saturated rings. The molecule has 0 aromatic heterocycles. The van der Waals surface area contributed by atoms with Gasteiger partial charge in [0.15, 0.2) is 0 Å².